The lowest BCUT2D eigenvalue weighted by molar-refractivity contribution is -0.131. The van der Waals surface area contributed by atoms with Gasteiger partial charge >= 0.3 is 5.97 Å². The van der Waals surface area contributed by atoms with Crippen LogP contribution < -0.4 is 10.1 Å². The van der Waals surface area contributed by atoms with Gasteiger partial charge < -0.3 is 25.1 Å². The zero-order valence-electron chi connectivity index (χ0n) is 22.6. The Morgan fingerprint density at radius 2 is 1.86 bits per heavy atom. The fraction of sp³-hybridized carbons (Fsp3) is 0.161. The summed E-state index contributed by atoms with van der Waals surface area (Å²) in [5, 5.41) is 12.2. The Labute approximate surface area is 237 Å². The molecule has 11 heteroatoms. The summed E-state index contributed by atoms with van der Waals surface area (Å²) in [6, 6.07) is 10.1. The minimum absolute atomic E-state index is 0.00666. The first-order valence-corrected chi connectivity index (χ1v) is 13.2. The van der Waals surface area contributed by atoms with Crippen molar-refractivity contribution in [2.75, 3.05) is 6.54 Å². The van der Waals surface area contributed by atoms with Crippen LogP contribution in [0.3, 0.4) is 0 Å². The number of fused-ring (bicyclic) bond motifs is 2. The van der Waals surface area contributed by atoms with Gasteiger partial charge in [-0.15, -0.1) is 0 Å². The van der Waals surface area contributed by atoms with Gasteiger partial charge in [-0.05, 0) is 30.3 Å². The van der Waals surface area contributed by atoms with Gasteiger partial charge in [0.1, 0.15) is 23.2 Å². The lowest BCUT2D eigenvalue weighted by Crippen LogP contribution is -2.31. The van der Waals surface area contributed by atoms with Crippen molar-refractivity contribution in [2.45, 2.75) is 26.3 Å². The molecule has 42 heavy (non-hydrogen) atoms. The summed E-state index contributed by atoms with van der Waals surface area (Å²) in [6.07, 6.45) is 3.99. The predicted octanol–water partition coefficient (Wildman–Crippen LogP) is 7.27. The molecular formula is C31H26F4N4O3. The Bertz CT molecular complexity index is 1810. The maximum atomic E-state index is 15.3. The predicted molar refractivity (Wildman–Crippen MR) is 150 cm³/mol. The van der Waals surface area contributed by atoms with Gasteiger partial charge in [0.05, 0.1) is 22.8 Å². The number of carboxylic acid groups (broad SMARTS) is 1. The van der Waals surface area contributed by atoms with Crippen molar-refractivity contribution >= 4 is 22.9 Å². The molecule has 4 N–H and O–H groups in total. The van der Waals surface area contributed by atoms with E-state index in [0.29, 0.717) is 24.4 Å². The van der Waals surface area contributed by atoms with E-state index in [9.17, 15) is 18.0 Å². The van der Waals surface area contributed by atoms with Gasteiger partial charge in [-0.2, -0.15) is 0 Å². The number of nitrogens with zero attached hydrogens (tertiary/aromatic N) is 1. The SMILES string of the molecule is CC.O=C(O)/C=C/c1cccc(C2NCCc3[nH]c(-c4cc(Oc5c(F)cc6[nH]ccc6c5F)ccc4F)nc32)c1F. The third kappa shape index (κ3) is 5.38. The van der Waals surface area contributed by atoms with Crippen LogP contribution in [0.1, 0.15) is 42.4 Å². The smallest absolute Gasteiger partial charge is 0.328 e. The Morgan fingerprint density at radius 1 is 1.05 bits per heavy atom. The van der Waals surface area contributed by atoms with E-state index < -0.39 is 41.0 Å². The van der Waals surface area contributed by atoms with Crippen molar-refractivity contribution in [3.8, 4) is 22.9 Å². The van der Waals surface area contributed by atoms with E-state index in [1.807, 2.05) is 13.8 Å². The Balaban J connectivity index is 0.00000173. The lowest BCUT2D eigenvalue weighted by atomic mass is 9.95. The average Bonchev–Trinajstić information content (AvgIpc) is 3.64. The van der Waals surface area contributed by atoms with Crippen molar-refractivity contribution in [3.05, 3.63) is 107 Å². The highest BCUT2D eigenvalue weighted by molar-refractivity contribution is 5.85. The second-order valence-electron chi connectivity index (χ2n) is 9.19. The number of nitrogens with one attached hydrogen (secondary N) is 3. The number of imidazole rings is 1. The van der Waals surface area contributed by atoms with Crippen LogP contribution in [0.4, 0.5) is 17.6 Å². The number of carboxylic acids is 1. The monoisotopic (exact) mass is 578 g/mol. The van der Waals surface area contributed by atoms with Gasteiger partial charge in [-0.25, -0.2) is 27.3 Å². The van der Waals surface area contributed by atoms with E-state index in [0.717, 1.165) is 18.2 Å². The third-order valence-corrected chi connectivity index (χ3v) is 6.70. The van der Waals surface area contributed by atoms with Gasteiger partial charge in [-0.1, -0.05) is 32.0 Å². The first kappa shape index (κ1) is 28.6. The van der Waals surface area contributed by atoms with Crippen molar-refractivity contribution in [1.82, 2.24) is 20.3 Å². The van der Waals surface area contributed by atoms with Gasteiger partial charge in [0.15, 0.2) is 17.4 Å². The summed E-state index contributed by atoms with van der Waals surface area (Å²) in [5.41, 5.74) is 1.71. The molecule has 0 fully saturated rings. The van der Waals surface area contributed by atoms with E-state index in [-0.39, 0.29) is 39.2 Å². The average molecular weight is 579 g/mol. The fourth-order valence-corrected chi connectivity index (χ4v) is 4.83. The number of rotatable bonds is 6. The molecule has 1 atom stereocenters. The minimum Gasteiger partial charge on any atom is -0.478 e. The van der Waals surface area contributed by atoms with Gasteiger partial charge in [0.25, 0.3) is 0 Å². The number of aromatic amines is 2. The molecule has 0 radical (unpaired) electrons. The summed E-state index contributed by atoms with van der Waals surface area (Å²) in [7, 11) is 0. The van der Waals surface area contributed by atoms with Gasteiger partial charge in [0, 0.05) is 53.5 Å². The highest BCUT2D eigenvalue weighted by atomic mass is 19.1. The zero-order valence-corrected chi connectivity index (χ0v) is 22.6. The van der Waals surface area contributed by atoms with Crippen LogP contribution in [0.15, 0.2) is 60.8 Å². The molecule has 1 aliphatic heterocycles. The van der Waals surface area contributed by atoms with E-state index in [1.54, 1.807) is 12.1 Å². The number of benzene rings is 3. The highest BCUT2D eigenvalue weighted by Gasteiger charge is 2.29. The summed E-state index contributed by atoms with van der Waals surface area (Å²) in [6.45, 7) is 4.47. The maximum absolute atomic E-state index is 15.3. The third-order valence-electron chi connectivity index (χ3n) is 6.70. The molecule has 3 heterocycles. The summed E-state index contributed by atoms with van der Waals surface area (Å²) < 4.78 is 65.3. The molecule has 0 spiro atoms. The van der Waals surface area contributed by atoms with Gasteiger partial charge in [-0.3, -0.25) is 0 Å². The summed E-state index contributed by atoms with van der Waals surface area (Å²) in [4.78, 5) is 21.3. The highest BCUT2D eigenvalue weighted by Crippen LogP contribution is 2.36. The Kier molecular flexibility index (Phi) is 8.12. The first-order valence-electron chi connectivity index (χ1n) is 13.2. The van der Waals surface area contributed by atoms with Crippen LogP contribution in [0.25, 0.3) is 28.4 Å². The lowest BCUT2D eigenvalue weighted by Gasteiger charge is -2.24. The molecule has 3 aromatic carbocycles. The molecule has 0 saturated carbocycles. The molecule has 0 aliphatic carbocycles. The molecule has 5 aromatic rings. The van der Waals surface area contributed by atoms with Crippen molar-refractivity contribution in [3.63, 3.8) is 0 Å². The molecular weight excluding hydrogens is 552 g/mol. The number of hydrogen-bond acceptors (Lipinski definition) is 4. The van der Waals surface area contributed by atoms with Gasteiger partial charge in [0.2, 0.25) is 0 Å². The molecule has 0 bridgehead atoms. The number of H-pyrrole nitrogens is 2. The van der Waals surface area contributed by atoms with Crippen LogP contribution in [-0.2, 0) is 11.2 Å². The van der Waals surface area contributed by atoms with E-state index >= 15 is 4.39 Å². The molecule has 0 amide bonds. The van der Waals surface area contributed by atoms with Crippen molar-refractivity contribution < 1.29 is 32.2 Å². The number of ether oxygens (including phenoxy) is 1. The van der Waals surface area contributed by atoms with Crippen LogP contribution in [0, 0.1) is 23.3 Å². The number of hydrogen-bond donors (Lipinski definition) is 4. The van der Waals surface area contributed by atoms with E-state index in [1.165, 1.54) is 36.5 Å². The van der Waals surface area contributed by atoms with E-state index in [2.05, 4.69) is 20.3 Å². The van der Waals surface area contributed by atoms with Crippen molar-refractivity contribution in [1.29, 1.82) is 0 Å². The summed E-state index contributed by atoms with van der Waals surface area (Å²) in [5.74, 6) is -4.81. The fourth-order valence-electron chi connectivity index (χ4n) is 4.83. The number of aromatic nitrogens is 3. The van der Waals surface area contributed by atoms with E-state index in [4.69, 9.17) is 9.84 Å². The van der Waals surface area contributed by atoms with Crippen LogP contribution in [-0.4, -0.2) is 32.6 Å². The van der Waals surface area contributed by atoms with Crippen LogP contribution in [0.5, 0.6) is 11.5 Å². The molecule has 0 saturated heterocycles. The summed E-state index contributed by atoms with van der Waals surface area (Å²) >= 11 is 0. The second-order valence-corrected chi connectivity index (χ2v) is 9.19. The normalized spacial score (nSPS) is 14.5. The molecule has 216 valence electrons. The Morgan fingerprint density at radius 3 is 2.64 bits per heavy atom. The number of halogens is 4. The van der Waals surface area contributed by atoms with Crippen LogP contribution in [0.2, 0.25) is 0 Å². The molecule has 1 unspecified atom stereocenters. The Hall–Kier alpha value is -4.90. The number of carbonyl (C=O) groups is 1. The molecule has 1 aliphatic rings. The molecule has 7 nitrogen and oxygen atoms in total. The van der Waals surface area contributed by atoms with Crippen molar-refractivity contribution in [2.24, 2.45) is 0 Å². The topological polar surface area (TPSA) is 103 Å². The minimum atomic E-state index is -1.21. The maximum Gasteiger partial charge on any atom is 0.328 e. The molecule has 2 aromatic heterocycles. The largest absolute Gasteiger partial charge is 0.478 e. The molecule has 6 rings (SSSR count). The standard InChI is InChI=1S/C29H20F4N4O3.C2H6/c30-19-6-5-15(40-28-20(31)13-22-16(25(28)33)8-10-34-22)12-18(19)29-36-21-9-11-35-26(27(21)37-29)17-3-1-2-14(24(17)32)4-7-23(38)39;1-2/h1-8,10,12-13,26,34-35H,9,11H2,(H,36,37)(H,38,39);1-2H3/b7-4+;. The second kappa shape index (κ2) is 11.9. The first-order chi connectivity index (χ1) is 20.3. The zero-order chi connectivity index (χ0) is 30.0. The van der Waals surface area contributed by atoms with Crippen LogP contribution >= 0.6 is 0 Å². The number of aliphatic carboxylic acids is 1. The quantitative estimate of drug-likeness (QED) is 0.125.